The molecule has 1 aliphatic rings. The molecule has 2 rings (SSSR count). The Balaban J connectivity index is 2.36. The Morgan fingerprint density at radius 2 is 2.33 bits per heavy atom. The molecule has 1 aliphatic heterocycles. The van der Waals surface area contributed by atoms with Crippen LogP contribution in [-0.2, 0) is 11.3 Å². The summed E-state index contributed by atoms with van der Waals surface area (Å²) in [5.41, 5.74) is 6.07. The molecule has 18 heavy (non-hydrogen) atoms. The summed E-state index contributed by atoms with van der Waals surface area (Å²) in [6.07, 6.45) is 1.95. The number of carbonyl (C=O) groups is 1. The van der Waals surface area contributed by atoms with E-state index < -0.39 is 0 Å². The van der Waals surface area contributed by atoms with Gasteiger partial charge in [-0.15, -0.1) is 0 Å². The summed E-state index contributed by atoms with van der Waals surface area (Å²) in [5, 5.41) is 21.7. The first kappa shape index (κ1) is 12.1. The molecule has 0 radical (unpaired) electrons. The van der Waals surface area contributed by atoms with E-state index in [4.69, 9.17) is 16.3 Å². The molecule has 1 amide bonds. The third-order valence-corrected chi connectivity index (χ3v) is 2.78. The molecule has 2 N–H and O–H groups in total. The molecule has 1 aromatic heterocycles. The SMILES string of the molecule is N#CCCn1ncc(C#N)c1N1CC(N)CC1=O. The summed E-state index contributed by atoms with van der Waals surface area (Å²) in [6, 6.07) is 3.79. The van der Waals surface area contributed by atoms with Gasteiger partial charge in [0.25, 0.3) is 0 Å². The average Bonchev–Trinajstić information content (AvgIpc) is 2.89. The Kier molecular flexibility index (Phi) is 3.26. The molecule has 1 saturated heterocycles. The number of amides is 1. The molecular formula is C11H12N6O. The van der Waals surface area contributed by atoms with Crippen molar-refractivity contribution in [2.45, 2.75) is 25.4 Å². The van der Waals surface area contributed by atoms with E-state index >= 15 is 0 Å². The van der Waals surface area contributed by atoms with Crippen LogP contribution in [0.2, 0.25) is 0 Å². The first-order valence-corrected chi connectivity index (χ1v) is 5.56. The van der Waals surface area contributed by atoms with Gasteiger partial charge in [-0.1, -0.05) is 0 Å². The molecule has 7 heteroatoms. The highest BCUT2D eigenvalue weighted by atomic mass is 16.2. The van der Waals surface area contributed by atoms with Crippen molar-refractivity contribution in [3.63, 3.8) is 0 Å². The van der Waals surface area contributed by atoms with E-state index in [2.05, 4.69) is 5.10 Å². The molecule has 1 aromatic rings. The fraction of sp³-hybridized carbons (Fsp3) is 0.455. The number of nitriles is 2. The summed E-state index contributed by atoms with van der Waals surface area (Å²) in [7, 11) is 0. The summed E-state index contributed by atoms with van der Waals surface area (Å²) in [5.74, 6) is 0.336. The first-order chi connectivity index (χ1) is 8.67. The highest BCUT2D eigenvalue weighted by molar-refractivity contribution is 5.96. The molecule has 0 aromatic carbocycles. The molecule has 0 spiro atoms. The van der Waals surface area contributed by atoms with Crippen molar-refractivity contribution < 1.29 is 4.79 Å². The van der Waals surface area contributed by atoms with Gasteiger partial charge in [-0.2, -0.15) is 15.6 Å². The van der Waals surface area contributed by atoms with Gasteiger partial charge in [0, 0.05) is 19.0 Å². The van der Waals surface area contributed by atoms with Gasteiger partial charge >= 0.3 is 0 Å². The summed E-state index contributed by atoms with van der Waals surface area (Å²) < 4.78 is 1.51. The Morgan fingerprint density at radius 1 is 1.56 bits per heavy atom. The topological polar surface area (TPSA) is 112 Å². The van der Waals surface area contributed by atoms with Crippen LogP contribution in [0.1, 0.15) is 18.4 Å². The van der Waals surface area contributed by atoms with Crippen LogP contribution >= 0.6 is 0 Å². The lowest BCUT2D eigenvalue weighted by atomic mass is 10.3. The number of nitrogens with two attached hydrogens (primary N) is 1. The first-order valence-electron chi connectivity index (χ1n) is 5.56. The van der Waals surface area contributed by atoms with Crippen LogP contribution in [0.15, 0.2) is 6.20 Å². The van der Waals surface area contributed by atoms with E-state index in [1.165, 1.54) is 15.8 Å². The van der Waals surface area contributed by atoms with Crippen molar-refractivity contribution in [3.8, 4) is 12.1 Å². The van der Waals surface area contributed by atoms with Gasteiger partial charge in [0.15, 0.2) is 5.82 Å². The van der Waals surface area contributed by atoms with E-state index in [0.717, 1.165) is 0 Å². The second-order valence-corrected chi connectivity index (χ2v) is 4.09. The van der Waals surface area contributed by atoms with E-state index in [1.807, 2.05) is 12.1 Å². The number of anilines is 1. The largest absolute Gasteiger partial charge is 0.326 e. The molecule has 7 nitrogen and oxygen atoms in total. The van der Waals surface area contributed by atoms with Gasteiger partial charge in [-0.05, 0) is 0 Å². The van der Waals surface area contributed by atoms with E-state index in [9.17, 15) is 4.79 Å². The average molecular weight is 244 g/mol. The molecule has 1 fully saturated rings. The zero-order chi connectivity index (χ0) is 13.1. The number of carbonyl (C=O) groups excluding carboxylic acids is 1. The standard InChI is InChI=1S/C11H12N6O/c12-2-1-3-17-11(8(5-13)6-15-17)16-7-9(14)4-10(16)18/h6,9H,1,3-4,7,14H2. The summed E-state index contributed by atoms with van der Waals surface area (Å²) in [4.78, 5) is 13.3. The van der Waals surface area contributed by atoms with Crippen LogP contribution in [0, 0.1) is 22.7 Å². The Morgan fingerprint density at radius 3 is 2.89 bits per heavy atom. The normalized spacial score (nSPS) is 18.7. The lowest BCUT2D eigenvalue weighted by molar-refractivity contribution is -0.117. The van der Waals surface area contributed by atoms with Crippen molar-refractivity contribution >= 4 is 11.7 Å². The third-order valence-electron chi connectivity index (χ3n) is 2.78. The van der Waals surface area contributed by atoms with Crippen molar-refractivity contribution in [2.75, 3.05) is 11.4 Å². The third kappa shape index (κ3) is 2.04. The Labute approximate surface area is 104 Å². The molecule has 2 heterocycles. The predicted molar refractivity (Wildman–Crippen MR) is 62.1 cm³/mol. The highest BCUT2D eigenvalue weighted by Gasteiger charge is 2.32. The van der Waals surface area contributed by atoms with Crippen LogP contribution in [0.4, 0.5) is 5.82 Å². The lowest BCUT2D eigenvalue weighted by Crippen LogP contribution is -2.30. The van der Waals surface area contributed by atoms with E-state index in [-0.39, 0.29) is 24.8 Å². The highest BCUT2D eigenvalue weighted by Crippen LogP contribution is 2.24. The Bertz CT molecular complexity index is 549. The van der Waals surface area contributed by atoms with Gasteiger partial charge < -0.3 is 5.73 Å². The number of aryl methyl sites for hydroxylation is 1. The molecule has 1 atom stereocenters. The smallest absolute Gasteiger partial charge is 0.229 e. The summed E-state index contributed by atoms with van der Waals surface area (Å²) in [6.45, 7) is 0.734. The minimum atomic E-state index is -0.219. The van der Waals surface area contributed by atoms with Crippen molar-refractivity contribution in [1.82, 2.24) is 9.78 Å². The van der Waals surface area contributed by atoms with Crippen molar-refractivity contribution in [2.24, 2.45) is 5.73 Å². The Hall–Kier alpha value is -2.38. The van der Waals surface area contributed by atoms with Gasteiger partial charge in [0.05, 0.1) is 25.2 Å². The second-order valence-electron chi connectivity index (χ2n) is 4.09. The molecule has 0 aliphatic carbocycles. The van der Waals surface area contributed by atoms with Crippen LogP contribution in [0.3, 0.4) is 0 Å². The van der Waals surface area contributed by atoms with Gasteiger partial charge in [0.2, 0.25) is 5.91 Å². The fourth-order valence-corrected chi connectivity index (χ4v) is 2.00. The zero-order valence-electron chi connectivity index (χ0n) is 9.70. The number of hydrogen-bond acceptors (Lipinski definition) is 5. The van der Waals surface area contributed by atoms with E-state index in [0.29, 0.717) is 24.5 Å². The number of rotatable bonds is 3. The molecule has 92 valence electrons. The van der Waals surface area contributed by atoms with Gasteiger partial charge in [-0.25, -0.2) is 4.68 Å². The maximum Gasteiger partial charge on any atom is 0.229 e. The maximum absolute atomic E-state index is 11.8. The second kappa shape index (κ2) is 4.86. The number of hydrogen-bond donors (Lipinski definition) is 1. The minimum absolute atomic E-state index is 0.113. The van der Waals surface area contributed by atoms with Crippen molar-refractivity contribution in [1.29, 1.82) is 10.5 Å². The fourth-order valence-electron chi connectivity index (χ4n) is 2.00. The zero-order valence-corrected chi connectivity index (χ0v) is 9.70. The summed E-state index contributed by atoms with van der Waals surface area (Å²) >= 11 is 0. The molecule has 1 unspecified atom stereocenters. The van der Waals surface area contributed by atoms with Crippen molar-refractivity contribution in [3.05, 3.63) is 11.8 Å². The molecule has 0 bridgehead atoms. The predicted octanol–water partition coefficient (Wildman–Crippen LogP) is -0.268. The quantitative estimate of drug-likeness (QED) is 0.786. The number of aromatic nitrogens is 2. The number of nitrogens with zero attached hydrogens (tertiary/aromatic N) is 5. The molecule has 0 saturated carbocycles. The van der Waals surface area contributed by atoms with Crippen LogP contribution in [0.5, 0.6) is 0 Å². The van der Waals surface area contributed by atoms with Gasteiger partial charge in [-0.3, -0.25) is 9.69 Å². The lowest BCUT2D eigenvalue weighted by Gasteiger charge is -2.17. The van der Waals surface area contributed by atoms with Gasteiger partial charge in [0.1, 0.15) is 11.6 Å². The van der Waals surface area contributed by atoms with Crippen LogP contribution in [0.25, 0.3) is 0 Å². The van der Waals surface area contributed by atoms with Crippen LogP contribution < -0.4 is 10.6 Å². The van der Waals surface area contributed by atoms with Crippen LogP contribution in [-0.4, -0.2) is 28.3 Å². The minimum Gasteiger partial charge on any atom is -0.326 e. The maximum atomic E-state index is 11.8. The van der Waals surface area contributed by atoms with E-state index in [1.54, 1.807) is 0 Å². The monoisotopic (exact) mass is 244 g/mol. The molecular weight excluding hydrogens is 232 g/mol.